The van der Waals surface area contributed by atoms with E-state index in [9.17, 15) is 14.9 Å². The van der Waals surface area contributed by atoms with Crippen molar-refractivity contribution in [2.45, 2.75) is 19.9 Å². The molecule has 2 amide bonds. The number of ether oxygens (including phenoxy) is 3. The van der Waals surface area contributed by atoms with Gasteiger partial charge in [-0.15, -0.1) is 0 Å². The molecule has 0 fully saturated rings. The molecule has 0 radical (unpaired) electrons. The van der Waals surface area contributed by atoms with E-state index >= 15 is 0 Å². The number of rotatable bonds is 9. The lowest BCUT2D eigenvalue weighted by molar-refractivity contribution is -0.114. The van der Waals surface area contributed by atoms with Crippen molar-refractivity contribution in [2.24, 2.45) is 0 Å². The number of amides is 2. The van der Waals surface area contributed by atoms with Crippen LogP contribution in [0.25, 0.3) is 0 Å². The van der Waals surface area contributed by atoms with Crippen LogP contribution in [0.15, 0.2) is 36.4 Å². The first-order valence-electron chi connectivity index (χ1n) is 9.15. The van der Waals surface area contributed by atoms with Crippen molar-refractivity contribution in [3.8, 4) is 23.3 Å². The minimum atomic E-state index is -0.831. The number of hydrogen-bond acceptors (Lipinski definition) is 7. The second-order valence-electron chi connectivity index (χ2n) is 6.10. The molecule has 158 valence electrons. The van der Waals surface area contributed by atoms with E-state index in [1.54, 1.807) is 37.3 Å². The summed E-state index contributed by atoms with van der Waals surface area (Å²) in [4.78, 5) is 23.9. The number of carbonyl (C=O) groups excluding carboxylic acids is 2. The highest BCUT2D eigenvalue weighted by Crippen LogP contribution is 2.30. The molecule has 2 aromatic rings. The summed E-state index contributed by atoms with van der Waals surface area (Å²) in [5, 5.41) is 12.2. The molecule has 0 unspecified atom stereocenters. The first-order chi connectivity index (χ1) is 14.4. The molecule has 9 heteroatoms. The summed E-state index contributed by atoms with van der Waals surface area (Å²) >= 11 is 0. The lowest BCUT2D eigenvalue weighted by Gasteiger charge is -2.17. The van der Waals surface area contributed by atoms with E-state index in [1.165, 1.54) is 27.2 Å². The number of anilines is 1. The van der Waals surface area contributed by atoms with Crippen LogP contribution in [0.1, 0.15) is 35.8 Å². The molecule has 0 aromatic heterocycles. The zero-order valence-electron chi connectivity index (χ0n) is 17.2. The largest absolute Gasteiger partial charge is 0.493 e. The van der Waals surface area contributed by atoms with E-state index in [2.05, 4.69) is 22.2 Å². The van der Waals surface area contributed by atoms with Gasteiger partial charge in [-0.2, -0.15) is 5.26 Å². The Hall–Kier alpha value is -3.77. The Morgan fingerprint density at radius 1 is 1.07 bits per heavy atom. The fourth-order valence-corrected chi connectivity index (χ4v) is 2.69. The highest BCUT2D eigenvalue weighted by molar-refractivity contribution is 5.98. The number of nitriles is 1. The van der Waals surface area contributed by atoms with Crippen LogP contribution in [-0.4, -0.2) is 32.6 Å². The fourth-order valence-electron chi connectivity index (χ4n) is 2.69. The fraction of sp³-hybridized carbons (Fsp3) is 0.286. The Kier molecular flexibility index (Phi) is 8.02. The van der Waals surface area contributed by atoms with Gasteiger partial charge in [0.15, 0.2) is 11.5 Å². The van der Waals surface area contributed by atoms with E-state index in [-0.39, 0.29) is 11.5 Å². The third kappa shape index (κ3) is 5.62. The second kappa shape index (κ2) is 10.7. The van der Waals surface area contributed by atoms with Crippen molar-refractivity contribution in [2.75, 3.05) is 26.1 Å². The molecule has 0 saturated carbocycles. The Balaban J connectivity index is 2.17. The van der Waals surface area contributed by atoms with Crippen LogP contribution < -0.4 is 30.4 Å². The van der Waals surface area contributed by atoms with Crippen LogP contribution in [0.2, 0.25) is 0 Å². The number of hydrogen-bond donors (Lipinski definition) is 3. The minimum Gasteiger partial charge on any atom is -0.493 e. The van der Waals surface area contributed by atoms with Crippen molar-refractivity contribution in [1.82, 2.24) is 10.9 Å². The first-order valence-corrected chi connectivity index (χ1v) is 9.15. The van der Waals surface area contributed by atoms with Crippen molar-refractivity contribution < 1.29 is 23.8 Å². The summed E-state index contributed by atoms with van der Waals surface area (Å²) in [5.74, 6) is 0.581. The standard InChI is InChI=1S/C21H24N4O5/c1-5-30-19-11-15(23-13(2)26)7-8-16(19)21(27)25-24-17(12-22)14-6-9-18(28-3)20(10-14)29-4/h6-11,17,24H,5H2,1-4H3,(H,23,26)(H,25,27)/t17-/m0/s1. The van der Waals surface area contributed by atoms with Crippen LogP contribution in [0, 0.1) is 11.3 Å². The molecule has 0 aliphatic heterocycles. The smallest absolute Gasteiger partial charge is 0.269 e. The summed E-state index contributed by atoms with van der Waals surface area (Å²) in [6.07, 6.45) is 0. The minimum absolute atomic E-state index is 0.233. The molecule has 0 spiro atoms. The van der Waals surface area contributed by atoms with Gasteiger partial charge in [0.25, 0.3) is 5.91 Å². The second-order valence-corrected chi connectivity index (χ2v) is 6.10. The molecule has 2 rings (SSSR count). The van der Waals surface area contributed by atoms with Crippen LogP contribution in [0.5, 0.6) is 17.2 Å². The average molecular weight is 412 g/mol. The maximum Gasteiger partial charge on any atom is 0.269 e. The summed E-state index contributed by atoms with van der Waals surface area (Å²) in [7, 11) is 3.02. The number of methoxy groups -OCH3 is 2. The molecule has 30 heavy (non-hydrogen) atoms. The molecule has 0 saturated heterocycles. The van der Waals surface area contributed by atoms with Gasteiger partial charge in [-0.05, 0) is 36.8 Å². The normalized spacial score (nSPS) is 11.0. The van der Waals surface area contributed by atoms with Gasteiger partial charge in [0.2, 0.25) is 5.91 Å². The van der Waals surface area contributed by atoms with E-state index < -0.39 is 11.9 Å². The topological polar surface area (TPSA) is 122 Å². The Bertz CT molecular complexity index is 955. The molecule has 0 heterocycles. The number of hydrazine groups is 1. The maximum absolute atomic E-state index is 12.7. The molecule has 9 nitrogen and oxygen atoms in total. The molecule has 0 aliphatic carbocycles. The Morgan fingerprint density at radius 3 is 2.40 bits per heavy atom. The summed E-state index contributed by atoms with van der Waals surface area (Å²) in [6, 6.07) is 11.0. The van der Waals surface area contributed by atoms with E-state index in [1.807, 2.05) is 0 Å². The summed E-state index contributed by atoms with van der Waals surface area (Å²) < 4.78 is 16.0. The van der Waals surface area contributed by atoms with Gasteiger partial charge < -0.3 is 19.5 Å². The van der Waals surface area contributed by atoms with Crippen LogP contribution in [-0.2, 0) is 4.79 Å². The van der Waals surface area contributed by atoms with Gasteiger partial charge in [0.1, 0.15) is 11.8 Å². The average Bonchev–Trinajstić information content (AvgIpc) is 2.73. The lowest BCUT2D eigenvalue weighted by Crippen LogP contribution is -2.39. The van der Waals surface area contributed by atoms with E-state index in [4.69, 9.17) is 14.2 Å². The monoisotopic (exact) mass is 412 g/mol. The quantitative estimate of drug-likeness (QED) is 0.541. The van der Waals surface area contributed by atoms with Crippen molar-refractivity contribution in [3.05, 3.63) is 47.5 Å². The number of benzene rings is 2. The molecule has 0 bridgehead atoms. The predicted octanol–water partition coefficient (Wildman–Crippen LogP) is 2.56. The molecule has 2 aromatic carbocycles. The van der Waals surface area contributed by atoms with Gasteiger partial charge >= 0.3 is 0 Å². The van der Waals surface area contributed by atoms with Gasteiger partial charge in [0, 0.05) is 18.7 Å². The zero-order chi connectivity index (χ0) is 22.1. The Morgan fingerprint density at radius 2 is 1.80 bits per heavy atom. The predicted molar refractivity (Wildman–Crippen MR) is 110 cm³/mol. The highest BCUT2D eigenvalue weighted by Gasteiger charge is 2.18. The van der Waals surface area contributed by atoms with Crippen molar-refractivity contribution in [1.29, 1.82) is 5.26 Å². The Labute approximate surface area is 174 Å². The van der Waals surface area contributed by atoms with E-state index in [0.29, 0.717) is 35.1 Å². The molecule has 1 atom stereocenters. The van der Waals surface area contributed by atoms with Crippen molar-refractivity contribution >= 4 is 17.5 Å². The highest BCUT2D eigenvalue weighted by atomic mass is 16.5. The van der Waals surface area contributed by atoms with Crippen LogP contribution in [0.3, 0.4) is 0 Å². The van der Waals surface area contributed by atoms with Gasteiger partial charge in [-0.3, -0.25) is 15.0 Å². The van der Waals surface area contributed by atoms with E-state index in [0.717, 1.165) is 0 Å². The van der Waals surface area contributed by atoms with Gasteiger partial charge in [0.05, 0.1) is 32.5 Å². The van der Waals surface area contributed by atoms with Gasteiger partial charge in [-0.25, -0.2) is 5.43 Å². The molecular weight excluding hydrogens is 388 g/mol. The van der Waals surface area contributed by atoms with Crippen LogP contribution >= 0.6 is 0 Å². The summed E-state index contributed by atoms with van der Waals surface area (Å²) in [6.45, 7) is 3.51. The number of nitrogens with one attached hydrogen (secondary N) is 3. The molecule has 3 N–H and O–H groups in total. The molecular formula is C21H24N4O5. The third-order valence-corrected chi connectivity index (χ3v) is 4.05. The molecule has 0 aliphatic rings. The van der Waals surface area contributed by atoms with Crippen LogP contribution in [0.4, 0.5) is 5.69 Å². The SMILES string of the molecule is CCOc1cc(NC(C)=O)ccc1C(=O)NN[C@@H](C#N)c1ccc(OC)c(OC)c1. The summed E-state index contributed by atoms with van der Waals surface area (Å²) in [5.41, 5.74) is 6.58. The van der Waals surface area contributed by atoms with Crippen molar-refractivity contribution in [3.63, 3.8) is 0 Å². The lowest BCUT2D eigenvalue weighted by atomic mass is 10.1. The third-order valence-electron chi connectivity index (χ3n) is 4.05. The number of carbonyl (C=O) groups is 2. The number of nitrogens with zero attached hydrogens (tertiary/aromatic N) is 1. The first kappa shape index (κ1) is 22.5. The maximum atomic E-state index is 12.7. The van der Waals surface area contributed by atoms with Gasteiger partial charge in [-0.1, -0.05) is 6.07 Å². The zero-order valence-corrected chi connectivity index (χ0v) is 17.2.